The zero-order chi connectivity index (χ0) is 19.3. The third-order valence-electron chi connectivity index (χ3n) is 3.36. The molecule has 1 amide bonds. The third-order valence-corrected chi connectivity index (χ3v) is 3.82. The lowest BCUT2D eigenvalue weighted by Crippen LogP contribution is -2.24. The fraction of sp³-hybridized carbons (Fsp3) is 0.176. The lowest BCUT2D eigenvalue weighted by molar-refractivity contribution is -0.385. The lowest BCUT2D eigenvalue weighted by Gasteiger charge is -2.08. The summed E-state index contributed by atoms with van der Waals surface area (Å²) in [5, 5.41) is 24.4. The number of halogens is 1. The Hall–Kier alpha value is -2.94. The maximum atomic E-state index is 11.8. The molecule has 0 saturated carbocycles. The number of nitrogens with one attached hydrogen (secondary N) is 1. The van der Waals surface area contributed by atoms with Crippen molar-refractivity contribution in [1.29, 1.82) is 0 Å². The van der Waals surface area contributed by atoms with E-state index < -0.39 is 22.3 Å². The number of benzene rings is 2. The van der Waals surface area contributed by atoms with Crippen LogP contribution in [0.4, 0.5) is 5.69 Å². The van der Waals surface area contributed by atoms with E-state index in [4.69, 9.17) is 4.74 Å². The van der Waals surface area contributed by atoms with E-state index in [1.165, 1.54) is 12.1 Å². The first-order chi connectivity index (χ1) is 12.3. The number of rotatable bonds is 6. The summed E-state index contributed by atoms with van der Waals surface area (Å²) in [4.78, 5) is 21.9. The van der Waals surface area contributed by atoms with Crippen molar-refractivity contribution in [2.75, 3.05) is 6.61 Å². The highest BCUT2D eigenvalue weighted by atomic mass is 79.9. The summed E-state index contributed by atoms with van der Waals surface area (Å²) in [7, 11) is 0. The van der Waals surface area contributed by atoms with Crippen molar-refractivity contribution in [3.8, 4) is 11.5 Å². The molecule has 0 bridgehead atoms. The molecular weight excluding hydrogens is 406 g/mol. The molecule has 0 aromatic heterocycles. The van der Waals surface area contributed by atoms with Gasteiger partial charge in [0.1, 0.15) is 5.75 Å². The van der Waals surface area contributed by atoms with Gasteiger partial charge in [0.15, 0.2) is 6.61 Å². The zero-order valence-electron chi connectivity index (χ0n) is 14.0. The van der Waals surface area contributed by atoms with Crippen molar-refractivity contribution in [2.45, 2.75) is 13.8 Å². The first kappa shape index (κ1) is 19.4. The Kier molecular flexibility index (Phi) is 6.29. The van der Waals surface area contributed by atoms with Crippen LogP contribution >= 0.6 is 15.9 Å². The molecule has 0 atom stereocenters. The highest BCUT2D eigenvalue weighted by Gasteiger charge is 2.17. The number of nitrogens with zero attached hydrogens (tertiary/aromatic N) is 2. The van der Waals surface area contributed by atoms with E-state index in [1.54, 1.807) is 6.07 Å². The van der Waals surface area contributed by atoms with Crippen molar-refractivity contribution in [1.82, 2.24) is 5.43 Å². The monoisotopic (exact) mass is 421 g/mol. The Morgan fingerprint density at radius 1 is 1.38 bits per heavy atom. The van der Waals surface area contributed by atoms with Gasteiger partial charge in [-0.05, 0) is 31.5 Å². The van der Waals surface area contributed by atoms with Crippen LogP contribution in [0.1, 0.15) is 16.7 Å². The van der Waals surface area contributed by atoms with E-state index in [0.29, 0.717) is 10.2 Å². The highest BCUT2D eigenvalue weighted by Crippen LogP contribution is 2.32. The minimum Gasteiger partial charge on any atom is -0.502 e. The summed E-state index contributed by atoms with van der Waals surface area (Å²) < 4.78 is 5.81. The molecule has 0 aliphatic rings. The molecule has 0 radical (unpaired) electrons. The van der Waals surface area contributed by atoms with Crippen LogP contribution in [-0.2, 0) is 4.79 Å². The number of hydrogen-bond acceptors (Lipinski definition) is 6. The van der Waals surface area contributed by atoms with E-state index in [-0.39, 0.29) is 12.2 Å². The highest BCUT2D eigenvalue weighted by molar-refractivity contribution is 9.10. The molecule has 0 fully saturated rings. The zero-order valence-corrected chi connectivity index (χ0v) is 15.6. The predicted molar refractivity (Wildman–Crippen MR) is 99.6 cm³/mol. The number of hydrogen-bond donors (Lipinski definition) is 2. The molecule has 0 heterocycles. The number of aryl methyl sites for hydroxylation is 2. The Morgan fingerprint density at radius 3 is 2.77 bits per heavy atom. The van der Waals surface area contributed by atoms with Gasteiger partial charge in [-0.25, -0.2) is 5.43 Å². The smallest absolute Gasteiger partial charge is 0.312 e. The van der Waals surface area contributed by atoms with E-state index in [9.17, 15) is 20.0 Å². The maximum absolute atomic E-state index is 11.8. The van der Waals surface area contributed by atoms with Gasteiger partial charge in [0, 0.05) is 16.1 Å². The molecule has 9 heteroatoms. The summed E-state index contributed by atoms with van der Waals surface area (Å²) in [6, 6.07) is 8.20. The lowest BCUT2D eigenvalue weighted by atomic mass is 10.1. The number of nitro benzene ring substituents is 1. The van der Waals surface area contributed by atoms with Crippen LogP contribution in [0, 0.1) is 24.0 Å². The van der Waals surface area contributed by atoms with Gasteiger partial charge in [-0.1, -0.05) is 33.6 Å². The maximum Gasteiger partial charge on any atom is 0.312 e. The minimum absolute atomic E-state index is 0.0849. The average molecular weight is 422 g/mol. The van der Waals surface area contributed by atoms with Crippen LogP contribution in [0.3, 0.4) is 0 Å². The normalized spacial score (nSPS) is 10.7. The standard InChI is InChI=1S/C17H16BrN3O5/c1-10-3-4-15(11(2)5-10)26-9-16(22)20-19-8-12-6-13(18)7-14(17(12)23)21(24)25/h3-8,23H,9H2,1-2H3,(H,20,22). The van der Waals surface area contributed by atoms with Crippen LogP contribution in [0.5, 0.6) is 11.5 Å². The number of phenolic OH excluding ortho intramolecular Hbond substituents is 1. The summed E-state index contributed by atoms with van der Waals surface area (Å²) in [5.41, 5.74) is 3.85. The topological polar surface area (TPSA) is 114 Å². The summed E-state index contributed by atoms with van der Waals surface area (Å²) in [5.74, 6) is -0.456. The van der Waals surface area contributed by atoms with Crippen LogP contribution in [0.2, 0.25) is 0 Å². The van der Waals surface area contributed by atoms with Crippen LogP contribution in [0.25, 0.3) is 0 Å². The van der Waals surface area contributed by atoms with Gasteiger partial charge in [0.05, 0.1) is 11.1 Å². The summed E-state index contributed by atoms with van der Waals surface area (Å²) in [6.45, 7) is 3.59. The summed E-state index contributed by atoms with van der Waals surface area (Å²) >= 11 is 3.11. The second-order valence-corrected chi connectivity index (χ2v) is 6.39. The molecular formula is C17H16BrN3O5. The molecule has 0 spiro atoms. The predicted octanol–water partition coefficient (Wildman–Crippen LogP) is 3.21. The Bertz CT molecular complexity index is 883. The van der Waals surface area contributed by atoms with Crippen molar-refractivity contribution in [2.24, 2.45) is 5.10 Å². The molecule has 2 aromatic rings. The minimum atomic E-state index is -0.715. The fourth-order valence-electron chi connectivity index (χ4n) is 2.15. The molecule has 2 aromatic carbocycles. The third kappa shape index (κ3) is 5.03. The first-order valence-electron chi connectivity index (χ1n) is 7.47. The second-order valence-electron chi connectivity index (χ2n) is 5.47. The van der Waals surface area contributed by atoms with E-state index in [2.05, 4.69) is 26.5 Å². The van der Waals surface area contributed by atoms with Gasteiger partial charge in [0.25, 0.3) is 5.91 Å². The van der Waals surface area contributed by atoms with Gasteiger partial charge in [-0.3, -0.25) is 14.9 Å². The number of carbonyl (C=O) groups is 1. The van der Waals surface area contributed by atoms with E-state index in [0.717, 1.165) is 17.3 Å². The number of aromatic hydroxyl groups is 1. The Morgan fingerprint density at radius 2 is 2.12 bits per heavy atom. The van der Waals surface area contributed by atoms with Crippen molar-refractivity contribution < 1.29 is 19.6 Å². The molecule has 0 saturated heterocycles. The van der Waals surface area contributed by atoms with Gasteiger partial charge < -0.3 is 9.84 Å². The van der Waals surface area contributed by atoms with Crippen molar-refractivity contribution in [3.05, 3.63) is 61.6 Å². The number of ether oxygens (including phenoxy) is 1. The van der Waals surface area contributed by atoms with Gasteiger partial charge >= 0.3 is 5.69 Å². The van der Waals surface area contributed by atoms with Crippen LogP contribution in [0.15, 0.2) is 39.9 Å². The van der Waals surface area contributed by atoms with Crippen LogP contribution in [-0.4, -0.2) is 28.8 Å². The second kappa shape index (κ2) is 8.43. The molecule has 0 aliphatic carbocycles. The first-order valence-corrected chi connectivity index (χ1v) is 8.26. The molecule has 0 unspecified atom stereocenters. The average Bonchev–Trinajstić information content (AvgIpc) is 2.56. The quantitative estimate of drug-likeness (QED) is 0.422. The van der Waals surface area contributed by atoms with Crippen LogP contribution < -0.4 is 10.2 Å². The van der Waals surface area contributed by atoms with E-state index in [1.807, 2.05) is 26.0 Å². The fourth-order valence-corrected chi connectivity index (χ4v) is 2.62. The molecule has 2 N–H and O–H groups in total. The number of phenols is 1. The Balaban J connectivity index is 1.98. The molecule has 26 heavy (non-hydrogen) atoms. The van der Waals surface area contributed by atoms with Gasteiger partial charge in [0.2, 0.25) is 5.75 Å². The SMILES string of the molecule is Cc1ccc(OCC(=O)NN=Cc2cc(Br)cc([N+](=O)[O-])c2O)c(C)c1. The number of amides is 1. The van der Waals surface area contributed by atoms with Crippen molar-refractivity contribution in [3.63, 3.8) is 0 Å². The molecule has 2 rings (SSSR count). The number of hydrazone groups is 1. The van der Waals surface area contributed by atoms with Crippen molar-refractivity contribution >= 4 is 33.7 Å². The van der Waals surface area contributed by atoms with Gasteiger partial charge in [-0.2, -0.15) is 5.10 Å². The molecule has 8 nitrogen and oxygen atoms in total. The molecule has 136 valence electrons. The largest absolute Gasteiger partial charge is 0.502 e. The number of nitro groups is 1. The van der Waals surface area contributed by atoms with E-state index >= 15 is 0 Å². The molecule has 0 aliphatic heterocycles. The number of carbonyl (C=O) groups excluding carboxylic acids is 1. The Labute approximate surface area is 157 Å². The van der Waals surface area contributed by atoms with Gasteiger partial charge in [-0.15, -0.1) is 0 Å². The summed E-state index contributed by atoms with van der Waals surface area (Å²) in [6.07, 6.45) is 1.11.